The Hall–Kier alpha value is -0.940. The molecule has 20 heavy (non-hydrogen) atoms. The molecule has 1 aliphatic rings. The number of rotatable bonds is 6. The molecule has 114 valence electrons. The number of aromatic nitrogens is 3. The van der Waals surface area contributed by atoms with E-state index in [2.05, 4.69) is 52.7 Å². The van der Waals surface area contributed by atoms with E-state index in [9.17, 15) is 0 Å². The van der Waals surface area contributed by atoms with E-state index in [0.29, 0.717) is 6.04 Å². The molecule has 2 heterocycles. The number of nitrogens with one attached hydrogen (secondary N) is 1. The zero-order valence-corrected chi connectivity index (χ0v) is 13.4. The van der Waals surface area contributed by atoms with Crippen LogP contribution >= 0.6 is 0 Å². The Morgan fingerprint density at radius 1 is 1.35 bits per heavy atom. The number of aryl methyl sites for hydroxylation is 1. The zero-order chi connectivity index (χ0) is 14.6. The lowest BCUT2D eigenvalue weighted by atomic mass is 9.87. The first kappa shape index (κ1) is 15.4. The Morgan fingerprint density at radius 3 is 2.75 bits per heavy atom. The van der Waals surface area contributed by atoms with Gasteiger partial charge in [0.15, 0.2) is 0 Å². The van der Waals surface area contributed by atoms with E-state index in [1.54, 1.807) is 6.33 Å². The molecule has 0 radical (unpaired) electrons. The second-order valence-corrected chi connectivity index (χ2v) is 5.99. The minimum atomic E-state index is 0.259. The third-order valence-electron chi connectivity index (χ3n) is 4.72. The van der Waals surface area contributed by atoms with Gasteiger partial charge in [-0.05, 0) is 26.2 Å². The highest BCUT2D eigenvalue weighted by Crippen LogP contribution is 2.28. The third-order valence-corrected chi connectivity index (χ3v) is 4.72. The summed E-state index contributed by atoms with van der Waals surface area (Å²) in [6.45, 7) is 13.1. The molecule has 0 aliphatic carbocycles. The van der Waals surface area contributed by atoms with Crippen molar-refractivity contribution in [2.45, 2.75) is 71.6 Å². The van der Waals surface area contributed by atoms with Gasteiger partial charge in [-0.1, -0.05) is 20.8 Å². The average molecular weight is 279 g/mol. The fourth-order valence-corrected chi connectivity index (χ4v) is 3.22. The largest absolute Gasteiger partial charge is 0.311 e. The predicted molar refractivity (Wildman–Crippen MR) is 81.5 cm³/mol. The number of hydrogen-bond donors (Lipinski definition) is 1. The van der Waals surface area contributed by atoms with Crippen LogP contribution in [0.2, 0.25) is 0 Å². The highest BCUT2D eigenvalue weighted by molar-refractivity contribution is 4.99. The number of nitrogens with zero attached hydrogens (tertiary/aromatic N) is 4. The molecule has 1 fully saturated rings. The van der Waals surface area contributed by atoms with Crippen LogP contribution in [0.1, 0.15) is 52.8 Å². The van der Waals surface area contributed by atoms with Crippen LogP contribution in [0.15, 0.2) is 6.33 Å². The first-order valence-electron chi connectivity index (χ1n) is 8.00. The summed E-state index contributed by atoms with van der Waals surface area (Å²) in [5, 5.41) is 7.99. The summed E-state index contributed by atoms with van der Waals surface area (Å²) in [5.41, 5.74) is 0.259. The lowest BCUT2D eigenvalue weighted by molar-refractivity contribution is 0.0246. The number of hydrogen-bond acceptors (Lipinski definition) is 4. The SMILES string of the molecule is CCCn1ncnc1CN1CC(C)NCC1(CC)CC. The van der Waals surface area contributed by atoms with Gasteiger partial charge in [0.25, 0.3) is 0 Å². The smallest absolute Gasteiger partial charge is 0.141 e. The zero-order valence-electron chi connectivity index (χ0n) is 13.4. The van der Waals surface area contributed by atoms with Gasteiger partial charge in [-0.15, -0.1) is 0 Å². The molecule has 1 aromatic heterocycles. The molecule has 5 heteroatoms. The van der Waals surface area contributed by atoms with Gasteiger partial charge in [-0.25, -0.2) is 9.67 Å². The molecule has 1 aromatic rings. The van der Waals surface area contributed by atoms with Crippen LogP contribution in [0, 0.1) is 0 Å². The van der Waals surface area contributed by atoms with Gasteiger partial charge in [0, 0.05) is 31.2 Å². The van der Waals surface area contributed by atoms with Crippen molar-refractivity contribution in [2.75, 3.05) is 13.1 Å². The van der Waals surface area contributed by atoms with E-state index >= 15 is 0 Å². The van der Waals surface area contributed by atoms with Crippen LogP contribution in [0.25, 0.3) is 0 Å². The summed E-state index contributed by atoms with van der Waals surface area (Å²) in [6, 6.07) is 0.545. The molecule has 2 rings (SSSR count). The van der Waals surface area contributed by atoms with Crippen molar-refractivity contribution < 1.29 is 0 Å². The molecule has 0 amide bonds. The van der Waals surface area contributed by atoms with Crippen LogP contribution in [-0.4, -0.2) is 44.3 Å². The molecule has 0 spiro atoms. The molecule has 5 nitrogen and oxygen atoms in total. The average Bonchev–Trinajstić information content (AvgIpc) is 2.88. The van der Waals surface area contributed by atoms with Crippen LogP contribution in [0.4, 0.5) is 0 Å². The maximum absolute atomic E-state index is 4.48. The molecule has 0 saturated carbocycles. The van der Waals surface area contributed by atoms with Gasteiger partial charge < -0.3 is 5.32 Å². The Morgan fingerprint density at radius 2 is 2.10 bits per heavy atom. The van der Waals surface area contributed by atoms with Gasteiger partial charge in [0.1, 0.15) is 12.2 Å². The summed E-state index contributed by atoms with van der Waals surface area (Å²) in [5.74, 6) is 1.10. The van der Waals surface area contributed by atoms with Crippen molar-refractivity contribution in [3.05, 3.63) is 12.2 Å². The van der Waals surface area contributed by atoms with Crippen LogP contribution < -0.4 is 5.32 Å². The summed E-state index contributed by atoms with van der Waals surface area (Å²) in [7, 11) is 0. The first-order chi connectivity index (χ1) is 9.65. The highest BCUT2D eigenvalue weighted by Gasteiger charge is 2.38. The fraction of sp³-hybridized carbons (Fsp3) is 0.867. The summed E-state index contributed by atoms with van der Waals surface area (Å²) < 4.78 is 2.06. The molecular formula is C15H29N5. The third kappa shape index (κ3) is 3.04. The van der Waals surface area contributed by atoms with Crippen molar-refractivity contribution in [2.24, 2.45) is 0 Å². The van der Waals surface area contributed by atoms with Crippen molar-refractivity contribution in [1.82, 2.24) is 25.0 Å². The molecule has 1 aliphatic heterocycles. The van der Waals surface area contributed by atoms with Crippen molar-refractivity contribution in [1.29, 1.82) is 0 Å². The molecule has 1 N–H and O–H groups in total. The van der Waals surface area contributed by atoms with Gasteiger partial charge >= 0.3 is 0 Å². The minimum Gasteiger partial charge on any atom is -0.311 e. The molecule has 1 atom stereocenters. The monoisotopic (exact) mass is 279 g/mol. The van der Waals surface area contributed by atoms with Gasteiger partial charge in [0.05, 0.1) is 6.54 Å². The normalized spacial score (nSPS) is 23.1. The summed E-state index contributed by atoms with van der Waals surface area (Å²) in [4.78, 5) is 7.09. The van der Waals surface area contributed by atoms with Crippen molar-refractivity contribution >= 4 is 0 Å². The van der Waals surface area contributed by atoms with Gasteiger partial charge in [-0.2, -0.15) is 5.10 Å². The Labute approximate surface area is 122 Å². The molecule has 0 bridgehead atoms. The summed E-state index contributed by atoms with van der Waals surface area (Å²) >= 11 is 0. The molecule has 1 saturated heterocycles. The standard InChI is InChI=1S/C15H29N5/c1-5-8-20-14(17-12-18-20)10-19-9-13(4)16-11-15(19,6-2)7-3/h12-13,16H,5-11H2,1-4H3. The second-order valence-electron chi connectivity index (χ2n) is 5.99. The summed E-state index contributed by atoms with van der Waals surface area (Å²) in [6.07, 6.45) is 5.13. The van der Waals surface area contributed by atoms with E-state index in [0.717, 1.165) is 38.4 Å². The van der Waals surface area contributed by atoms with Crippen LogP contribution in [0.5, 0.6) is 0 Å². The Kier molecular flexibility index (Phi) is 5.16. The van der Waals surface area contributed by atoms with Gasteiger partial charge in [0.2, 0.25) is 0 Å². The van der Waals surface area contributed by atoms with Crippen molar-refractivity contribution in [3.8, 4) is 0 Å². The minimum absolute atomic E-state index is 0.259. The van der Waals surface area contributed by atoms with E-state index in [1.807, 2.05) is 0 Å². The Balaban J connectivity index is 2.16. The van der Waals surface area contributed by atoms with Crippen molar-refractivity contribution in [3.63, 3.8) is 0 Å². The maximum atomic E-state index is 4.48. The van der Waals surface area contributed by atoms with E-state index in [4.69, 9.17) is 0 Å². The van der Waals surface area contributed by atoms with E-state index in [1.165, 1.54) is 12.8 Å². The van der Waals surface area contributed by atoms with E-state index < -0.39 is 0 Å². The topological polar surface area (TPSA) is 46.0 Å². The van der Waals surface area contributed by atoms with E-state index in [-0.39, 0.29) is 5.54 Å². The fourth-order valence-electron chi connectivity index (χ4n) is 3.22. The highest BCUT2D eigenvalue weighted by atomic mass is 15.4. The second kappa shape index (κ2) is 6.68. The predicted octanol–water partition coefficient (Wildman–Crippen LogP) is 2.04. The molecule has 0 aromatic carbocycles. The van der Waals surface area contributed by atoms with Crippen LogP contribution in [-0.2, 0) is 13.1 Å². The lowest BCUT2D eigenvalue weighted by Crippen LogP contribution is -2.63. The van der Waals surface area contributed by atoms with Crippen LogP contribution in [0.3, 0.4) is 0 Å². The number of piperazine rings is 1. The quantitative estimate of drug-likeness (QED) is 0.865. The molecule has 1 unspecified atom stereocenters. The Bertz CT molecular complexity index is 410. The van der Waals surface area contributed by atoms with Gasteiger partial charge in [-0.3, -0.25) is 4.90 Å². The lowest BCUT2D eigenvalue weighted by Gasteiger charge is -2.49. The molecular weight excluding hydrogens is 250 g/mol. The first-order valence-corrected chi connectivity index (χ1v) is 8.00. The maximum Gasteiger partial charge on any atom is 0.141 e.